The van der Waals surface area contributed by atoms with E-state index in [0.717, 1.165) is 17.7 Å². The number of rotatable bonds is 8. The first-order valence-corrected chi connectivity index (χ1v) is 9.89. The molecule has 0 aromatic heterocycles. The van der Waals surface area contributed by atoms with E-state index in [1.54, 1.807) is 36.4 Å². The SMILES string of the molecule is COc1c(C(=O)NCC2=CCCO2)ccc(N)c1C(=[NH2+])/C=C/c1ccc(C(C)=O)cc1. The Bertz CT molecular complexity index is 1070. The molecule has 0 bridgehead atoms. The van der Waals surface area contributed by atoms with Gasteiger partial charge in [-0.15, -0.1) is 0 Å². The average molecular weight is 420 g/mol. The zero-order valence-corrected chi connectivity index (χ0v) is 17.6. The van der Waals surface area contributed by atoms with E-state index in [9.17, 15) is 9.59 Å². The number of hydrogen-bond acceptors (Lipinski definition) is 5. The molecule has 7 nitrogen and oxygen atoms in total. The van der Waals surface area contributed by atoms with Gasteiger partial charge in [-0.3, -0.25) is 15.0 Å². The van der Waals surface area contributed by atoms with Gasteiger partial charge in [-0.1, -0.05) is 24.3 Å². The maximum atomic E-state index is 12.7. The lowest BCUT2D eigenvalue weighted by atomic mass is 10.0. The van der Waals surface area contributed by atoms with E-state index in [0.29, 0.717) is 47.0 Å². The molecule has 0 atom stereocenters. The summed E-state index contributed by atoms with van der Waals surface area (Å²) in [5.74, 6) is 0.733. The van der Waals surface area contributed by atoms with E-state index < -0.39 is 0 Å². The minimum absolute atomic E-state index is 0.00462. The summed E-state index contributed by atoms with van der Waals surface area (Å²) in [4.78, 5) is 24.1. The minimum Gasteiger partial charge on any atom is -0.496 e. The Kier molecular flexibility index (Phi) is 6.87. The summed E-state index contributed by atoms with van der Waals surface area (Å²) in [7, 11) is 1.47. The second-order valence-electron chi connectivity index (χ2n) is 7.07. The maximum Gasteiger partial charge on any atom is 0.255 e. The summed E-state index contributed by atoms with van der Waals surface area (Å²) in [6.45, 7) is 2.46. The van der Waals surface area contributed by atoms with Gasteiger partial charge in [-0.25, -0.2) is 0 Å². The average Bonchev–Trinajstić information content (AvgIpc) is 3.29. The van der Waals surface area contributed by atoms with Crippen LogP contribution >= 0.6 is 0 Å². The molecule has 2 aromatic carbocycles. The molecule has 0 saturated heterocycles. The Morgan fingerprint density at radius 2 is 1.97 bits per heavy atom. The highest BCUT2D eigenvalue weighted by molar-refractivity contribution is 6.14. The zero-order valence-electron chi connectivity index (χ0n) is 17.6. The molecule has 31 heavy (non-hydrogen) atoms. The normalized spacial score (nSPS) is 12.9. The van der Waals surface area contributed by atoms with Crippen molar-refractivity contribution < 1.29 is 24.5 Å². The summed E-state index contributed by atoms with van der Waals surface area (Å²) in [5, 5.41) is 9.12. The van der Waals surface area contributed by atoms with Crippen LogP contribution in [0.2, 0.25) is 0 Å². The maximum absolute atomic E-state index is 12.7. The fourth-order valence-electron chi connectivity index (χ4n) is 3.24. The Morgan fingerprint density at radius 1 is 1.23 bits per heavy atom. The highest BCUT2D eigenvalue weighted by atomic mass is 16.5. The van der Waals surface area contributed by atoms with Gasteiger partial charge in [-0.05, 0) is 36.8 Å². The van der Waals surface area contributed by atoms with Crippen LogP contribution in [0, 0.1) is 0 Å². The molecule has 0 saturated carbocycles. The van der Waals surface area contributed by atoms with E-state index in [1.807, 2.05) is 18.2 Å². The van der Waals surface area contributed by atoms with Gasteiger partial charge in [0.05, 0.1) is 25.8 Å². The number of nitrogens with one attached hydrogen (secondary N) is 1. The smallest absolute Gasteiger partial charge is 0.255 e. The molecular formula is C24H26N3O4+. The minimum atomic E-state index is -0.314. The van der Waals surface area contributed by atoms with Crippen molar-refractivity contribution in [2.24, 2.45) is 0 Å². The monoisotopic (exact) mass is 420 g/mol. The summed E-state index contributed by atoms with van der Waals surface area (Å²) < 4.78 is 10.9. The quantitative estimate of drug-likeness (QED) is 0.342. The summed E-state index contributed by atoms with van der Waals surface area (Å²) in [6, 6.07) is 10.4. The van der Waals surface area contributed by atoms with Gasteiger partial charge in [0.1, 0.15) is 17.1 Å². The lowest BCUT2D eigenvalue weighted by molar-refractivity contribution is -0.111. The topological polar surface area (TPSA) is 116 Å². The number of carbonyl (C=O) groups excluding carboxylic acids is 2. The number of nitrogens with two attached hydrogens (primary N) is 2. The lowest BCUT2D eigenvalue weighted by Crippen LogP contribution is -2.40. The molecule has 0 radical (unpaired) electrons. The molecule has 0 fully saturated rings. The van der Waals surface area contributed by atoms with Crippen LogP contribution in [-0.4, -0.2) is 37.7 Å². The molecule has 1 aliphatic heterocycles. The van der Waals surface area contributed by atoms with Crippen LogP contribution in [0.5, 0.6) is 5.75 Å². The molecule has 0 unspecified atom stereocenters. The Hall–Kier alpha value is -3.87. The van der Waals surface area contributed by atoms with E-state index in [4.69, 9.17) is 20.6 Å². The Morgan fingerprint density at radius 3 is 2.58 bits per heavy atom. The fraction of sp³-hybridized carbons (Fsp3) is 0.208. The van der Waals surface area contributed by atoms with Crippen molar-refractivity contribution in [2.45, 2.75) is 13.3 Å². The summed E-state index contributed by atoms with van der Waals surface area (Å²) >= 11 is 0. The number of nitrogen functional groups attached to an aromatic ring is 1. The van der Waals surface area contributed by atoms with E-state index in [1.165, 1.54) is 14.0 Å². The molecule has 1 amide bonds. The molecule has 2 aromatic rings. The van der Waals surface area contributed by atoms with Crippen LogP contribution in [0.25, 0.3) is 6.08 Å². The number of ether oxygens (including phenoxy) is 2. The fourth-order valence-corrected chi connectivity index (χ4v) is 3.24. The van der Waals surface area contributed by atoms with Crippen LogP contribution in [0.1, 0.15) is 45.2 Å². The van der Waals surface area contributed by atoms with Crippen molar-refractivity contribution in [1.82, 2.24) is 5.32 Å². The van der Waals surface area contributed by atoms with Gasteiger partial charge in [-0.2, -0.15) is 0 Å². The van der Waals surface area contributed by atoms with Crippen molar-refractivity contribution in [3.05, 3.63) is 76.6 Å². The molecule has 1 heterocycles. The van der Waals surface area contributed by atoms with Crippen molar-refractivity contribution in [2.75, 3.05) is 26.0 Å². The number of benzene rings is 2. The van der Waals surface area contributed by atoms with Gasteiger partial charge in [0.15, 0.2) is 5.78 Å². The highest BCUT2D eigenvalue weighted by Crippen LogP contribution is 2.29. The van der Waals surface area contributed by atoms with Crippen LogP contribution in [0.3, 0.4) is 0 Å². The predicted octanol–water partition coefficient (Wildman–Crippen LogP) is 1.78. The van der Waals surface area contributed by atoms with E-state index >= 15 is 0 Å². The van der Waals surface area contributed by atoms with Crippen molar-refractivity contribution in [1.29, 1.82) is 0 Å². The predicted molar refractivity (Wildman–Crippen MR) is 120 cm³/mol. The first-order chi connectivity index (χ1) is 14.9. The van der Waals surface area contributed by atoms with Crippen molar-refractivity contribution in [3.8, 4) is 5.75 Å². The number of amides is 1. The highest BCUT2D eigenvalue weighted by Gasteiger charge is 2.23. The van der Waals surface area contributed by atoms with Crippen LogP contribution < -0.4 is 21.2 Å². The number of methoxy groups -OCH3 is 1. The standard InChI is InChI=1S/C24H25N3O4/c1-15(28)17-8-5-16(6-9-17)7-11-20(25)22-21(26)12-10-19(23(22)30-2)24(29)27-14-18-4-3-13-31-18/h4-12,25H,3,13-14,26H2,1-2H3,(H,27,29)/p+1/b11-7+,25-20?. The van der Waals surface area contributed by atoms with Gasteiger partial charge in [0, 0.05) is 23.7 Å². The second-order valence-corrected chi connectivity index (χ2v) is 7.07. The first kappa shape index (κ1) is 21.8. The number of anilines is 1. The lowest BCUT2D eigenvalue weighted by Gasteiger charge is -2.14. The van der Waals surface area contributed by atoms with Gasteiger partial charge in [0.25, 0.3) is 5.91 Å². The third kappa shape index (κ3) is 5.19. The molecule has 1 aliphatic rings. The van der Waals surface area contributed by atoms with Crippen LogP contribution in [0.4, 0.5) is 5.69 Å². The van der Waals surface area contributed by atoms with Crippen molar-refractivity contribution in [3.63, 3.8) is 0 Å². The second kappa shape index (κ2) is 9.75. The molecule has 3 rings (SSSR count). The molecule has 0 aliphatic carbocycles. The van der Waals surface area contributed by atoms with E-state index in [2.05, 4.69) is 5.32 Å². The molecule has 7 heteroatoms. The summed E-state index contributed by atoms with van der Waals surface area (Å²) in [5.41, 5.74) is 9.17. The number of ketones is 1. The number of hydrogen-bond donors (Lipinski definition) is 3. The van der Waals surface area contributed by atoms with Crippen LogP contribution in [-0.2, 0) is 4.74 Å². The molecule has 5 N–H and O–H groups in total. The third-order valence-corrected chi connectivity index (χ3v) is 4.90. The van der Waals surface area contributed by atoms with E-state index in [-0.39, 0.29) is 11.7 Å². The number of Topliss-reactive ketones (excluding diaryl/α,β-unsaturated/α-hetero) is 1. The largest absolute Gasteiger partial charge is 0.496 e. The zero-order chi connectivity index (χ0) is 22.4. The van der Waals surface area contributed by atoms with Crippen LogP contribution in [0.15, 0.2) is 54.3 Å². The van der Waals surface area contributed by atoms with Gasteiger partial charge < -0.3 is 20.5 Å². The van der Waals surface area contributed by atoms with Gasteiger partial charge in [0.2, 0.25) is 5.71 Å². The molecular weight excluding hydrogens is 394 g/mol. The van der Waals surface area contributed by atoms with Gasteiger partial charge >= 0.3 is 0 Å². The third-order valence-electron chi connectivity index (χ3n) is 4.90. The van der Waals surface area contributed by atoms with Crippen molar-refractivity contribution >= 4 is 29.2 Å². The Labute approximate surface area is 181 Å². The molecule has 0 spiro atoms. The Balaban J connectivity index is 1.82. The first-order valence-electron chi connectivity index (χ1n) is 9.89. The molecule has 160 valence electrons. The number of allylic oxidation sites excluding steroid dienone is 1. The summed E-state index contributed by atoms with van der Waals surface area (Å²) in [6.07, 6.45) is 6.28. The number of carbonyl (C=O) groups is 2.